The highest BCUT2D eigenvalue weighted by Crippen LogP contribution is 2.12. The van der Waals surface area contributed by atoms with Crippen molar-refractivity contribution in [1.82, 2.24) is 0 Å². The summed E-state index contributed by atoms with van der Waals surface area (Å²) in [5.41, 5.74) is 0.301. The lowest BCUT2D eigenvalue weighted by Crippen LogP contribution is -2.14. The number of hydrogen-bond donors (Lipinski definition) is 0. The van der Waals surface area contributed by atoms with Gasteiger partial charge in [0.25, 0.3) is 0 Å². The van der Waals surface area contributed by atoms with Crippen molar-refractivity contribution in [3.8, 4) is 0 Å². The van der Waals surface area contributed by atoms with Crippen LogP contribution in [0, 0.1) is 12.3 Å². The van der Waals surface area contributed by atoms with E-state index >= 15 is 0 Å². The van der Waals surface area contributed by atoms with Gasteiger partial charge in [0.15, 0.2) is 0 Å². The smallest absolute Gasteiger partial charge is 0.0514 e. The lowest BCUT2D eigenvalue weighted by Gasteiger charge is -2.17. The van der Waals surface area contributed by atoms with E-state index in [4.69, 9.17) is 4.74 Å². The van der Waals surface area contributed by atoms with E-state index in [1.54, 1.807) is 0 Å². The fourth-order valence-corrected chi connectivity index (χ4v) is 0.480. The Hall–Kier alpha value is -0.0400. The molecular weight excluding hydrogens is 112 g/mol. The van der Waals surface area contributed by atoms with Gasteiger partial charge in [0.2, 0.25) is 0 Å². The number of hydrogen-bond acceptors (Lipinski definition) is 1. The molecule has 0 N–H and O–H groups in total. The van der Waals surface area contributed by atoms with Gasteiger partial charge >= 0.3 is 0 Å². The highest BCUT2D eigenvalue weighted by molar-refractivity contribution is 4.58. The number of rotatable bonds is 3. The fraction of sp³-hybridized carbons (Fsp3) is 0.875. The molecule has 0 aromatic carbocycles. The first kappa shape index (κ1) is 8.96. The first-order valence-corrected chi connectivity index (χ1v) is 3.43. The van der Waals surface area contributed by atoms with E-state index in [1.807, 2.05) is 0 Å². The van der Waals surface area contributed by atoms with Crippen LogP contribution in [0.2, 0.25) is 0 Å². The van der Waals surface area contributed by atoms with Crippen molar-refractivity contribution in [2.45, 2.75) is 27.2 Å². The molecule has 0 aromatic heterocycles. The molecule has 0 aromatic rings. The maximum atomic E-state index is 5.28. The van der Waals surface area contributed by atoms with Crippen LogP contribution in [0.4, 0.5) is 0 Å². The summed E-state index contributed by atoms with van der Waals surface area (Å²) in [7, 11) is 0. The van der Waals surface area contributed by atoms with E-state index in [9.17, 15) is 0 Å². The molecule has 1 heteroatoms. The Morgan fingerprint density at radius 3 is 2.22 bits per heavy atom. The molecule has 0 atom stereocenters. The molecule has 0 heterocycles. The Kier molecular flexibility index (Phi) is 3.87. The van der Waals surface area contributed by atoms with Crippen LogP contribution in [0.3, 0.4) is 0 Å². The summed E-state index contributed by atoms with van der Waals surface area (Å²) in [5, 5.41) is 0. The Morgan fingerprint density at radius 2 is 1.89 bits per heavy atom. The van der Waals surface area contributed by atoms with Crippen LogP contribution in [0.1, 0.15) is 27.2 Å². The predicted molar refractivity (Wildman–Crippen MR) is 40.2 cm³/mol. The predicted octanol–water partition coefficient (Wildman–Crippen LogP) is 2.27. The van der Waals surface area contributed by atoms with Crippen molar-refractivity contribution in [1.29, 1.82) is 0 Å². The van der Waals surface area contributed by atoms with Crippen LogP contribution < -0.4 is 0 Å². The summed E-state index contributed by atoms with van der Waals surface area (Å²) in [5.74, 6) is 0. The zero-order valence-corrected chi connectivity index (χ0v) is 6.74. The first-order valence-electron chi connectivity index (χ1n) is 3.43. The van der Waals surface area contributed by atoms with Crippen LogP contribution in [-0.4, -0.2) is 13.2 Å². The molecule has 9 heavy (non-hydrogen) atoms. The largest absolute Gasteiger partial charge is 0.381 e. The van der Waals surface area contributed by atoms with Gasteiger partial charge in [-0.25, -0.2) is 0 Å². The lowest BCUT2D eigenvalue weighted by molar-refractivity contribution is 0.0741. The van der Waals surface area contributed by atoms with E-state index in [-0.39, 0.29) is 0 Å². The second-order valence-corrected chi connectivity index (χ2v) is 3.47. The van der Waals surface area contributed by atoms with Gasteiger partial charge in [-0.15, -0.1) is 0 Å². The molecule has 1 radical (unpaired) electrons. The van der Waals surface area contributed by atoms with Crippen LogP contribution in [-0.2, 0) is 4.74 Å². The Morgan fingerprint density at radius 1 is 1.33 bits per heavy atom. The number of ether oxygens (including phenoxy) is 1. The summed E-state index contributed by atoms with van der Waals surface area (Å²) in [4.78, 5) is 0. The maximum absolute atomic E-state index is 5.28. The van der Waals surface area contributed by atoms with E-state index in [1.165, 1.54) is 0 Å². The minimum atomic E-state index is 0.301. The lowest BCUT2D eigenvalue weighted by atomic mass is 9.99. The van der Waals surface area contributed by atoms with E-state index in [2.05, 4.69) is 27.7 Å². The van der Waals surface area contributed by atoms with E-state index in [0.717, 1.165) is 19.6 Å². The molecule has 0 fully saturated rings. The summed E-state index contributed by atoms with van der Waals surface area (Å²) < 4.78 is 5.28. The molecule has 1 nitrogen and oxygen atoms in total. The van der Waals surface area contributed by atoms with Gasteiger partial charge in [-0.1, -0.05) is 27.7 Å². The monoisotopic (exact) mass is 129 g/mol. The molecule has 55 valence electrons. The van der Waals surface area contributed by atoms with Crippen molar-refractivity contribution < 1.29 is 4.74 Å². The van der Waals surface area contributed by atoms with Gasteiger partial charge < -0.3 is 4.74 Å². The molecule has 0 saturated carbocycles. The molecule has 0 spiro atoms. The molecule has 0 rings (SSSR count). The van der Waals surface area contributed by atoms with Crippen LogP contribution in [0.15, 0.2) is 0 Å². The van der Waals surface area contributed by atoms with Crippen molar-refractivity contribution in [2.75, 3.05) is 13.2 Å². The molecule has 0 aliphatic rings. The Bertz CT molecular complexity index is 61.5. The molecule has 0 aliphatic carbocycles. The third kappa shape index (κ3) is 7.96. The van der Waals surface area contributed by atoms with Crippen molar-refractivity contribution in [2.24, 2.45) is 5.41 Å². The molecule has 0 amide bonds. The summed E-state index contributed by atoms with van der Waals surface area (Å²) in [6.45, 7) is 11.8. The topological polar surface area (TPSA) is 9.23 Å². The average molecular weight is 129 g/mol. The minimum absolute atomic E-state index is 0.301. The van der Waals surface area contributed by atoms with Gasteiger partial charge in [-0.2, -0.15) is 0 Å². The quantitative estimate of drug-likeness (QED) is 0.531. The molecule has 0 saturated heterocycles. The first-order chi connectivity index (χ1) is 4.06. The molecule has 0 aliphatic heterocycles. The third-order valence-corrected chi connectivity index (χ3v) is 0.824. The van der Waals surface area contributed by atoms with Crippen LogP contribution in [0.5, 0.6) is 0 Å². The summed E-state index contributed by atoms with van der Waals surface area (Å²) >= 11 is 0. The Labute approximate surface area is 58.4 Å². The van der Waals surface area contributed by atoms with Gasteiger partial charge in [-0.3, -0.25) is 0 Å². The van der Waals surface area contributed by atoms with Gasteiger partial charge in [0.05, 0.1) is 6.61 Å². The van der Waals surface area contributed by atoms with Gasteiger partial charge in [0, 0.05) is 6.61 Å². The Balaban J connectivity index is 3.07. The van der Waals surface area contributed by atoms with Crippen LogP contribution in [0.25, 0.3) is 0 Å². The van der Waals surface area contributed by atoms with Crippen molar-refractivity contribution in [3.63, 3.8) is 0 Å². The highest BCUT2D eigenvalue weighted by Gasteiger charge is 2.08. The second-order valence-electron chi connectivity index (χ2n) is 3.47. The second kappa shape index (κ2) is 3.89. The van der Waals surface area contributed by atoms with E-state index < -0.39 is 0 Å². The maximum Gasteiger partial charge on any atom is 0.0514 e. The zero-order valence-electron chi connectivity index (χ0n) is 6.74. The van der Waals surface area contributed by atoms with Crippen molar-refractivity contribution >= 4 is 0 Å². The summed E-state index contributed by atoms with van der Waals surface area (Å²) in [6, 6.07) is 0. The zero-order chi connectivity index (χ0) is 7.33. The van der Waals surface area contributed by atoms with Gasteiger partial charge in [-0.05, 0) is 11.8 Å². The SMILES string of the molecule is [CH2]CCOCC(C)(C)C. The van der Waals surface area contributed by atoms with Crippen LogP contribution >= 0.6 is 0 Å². The standard InChI is InChI=1S/C8H17O/c1-5-6-9-7-8(2,3)4/h1,5-7H2,2-4H3. The fourth-order valence-electron chi connectivity index (χ4n) is 0.480. The minimum Gasteiger partial charge on any atom is -0.381 e. The molecule has 0 bridgehead atoms. The highest BCUT2D eigenvalue weighted by atomic mass is 16.5. The van der Waals surface area contributed by atoms with Crippen molar-refractivity contribution in [3.05, 3.63) is 6.92 Å². The summed E-state index contributed by atoms with van der Waals surface area (Å²) in [6.07, 6.45) is 0.871. The van der Waals surface area contributed by atoms with Gasteiger partial charge in [0.1, 0.15) is 0 Å². The molecule has 0 unspecified atom stereocenters. The third-order valence-electron chi connectivity index (χ3n) is 0.824. The normalized spacial score (nSPS) is 12.0. The average Bonchev–Trinajstić information content (AvgIpc) is 1.63. The van der Waals surface area contributed by atoms with E-state index in [0.29, 0.717) is 5.41 Å². The molecular formula is C8H17O.